The molecule has 3 nitrogen and oxygen atoms in total. The Labute approximate surface area is 117 Å². The van der Waals surface area contributed by atoms with Crippen molar-refractivity contribution in [3.05, 3.63) is 59.6 Å². The quantitative estimate of drug-likeness (QED) is 0.852. The summed E-state index contributed by atoms with van der Waals surface area (Å²) in [4.78, 5) is 0. The van der Waals surface area contributed by atoms with Gasteiger partial charge in [-0.1, -0.05) is 35.9 Å². The minimum absolute atomic E-state index is 0.248. The van der Waals surface area contributed by atoms with E-state index in [0.29, 0.717) is 11.6 Å². The van der Waals surface area contributed by atoms with E-state index in [1.807, 2.05) is 54.6 Å². The maximum Gasteiger partial charge on any atom is 0.119 e. The molecule has 4 heteroatoms. The average Bonchev–Trinajstić information content (AvgIpc) is 2.44. The van der Waals surface area contributed by atoms with E-state index in [0.717, 1.165) is 11.4 Å². The lowest BCUT2D eigenvalue weighted by Crippen LogP contribution is -2.26. The van der Waals surface area contributed by atoms with Gasteiger partial charge in [-0.2, -0.15) is 0 Å². The molecule has 0 saturated carbocycles. The van der Waals surface area contributed by atoms with Crippen molar-refractivity contribution in [3.63, 3.8) is 0 Å². The van der Waals surface area contributed by atoms with Gasteiger partial charge in [0.25, 0.3) is 0 Å². The van der Waals surface area contributed by atoms with E-state index in [1.54, 1.807) is 0 Å². The SMILES string of the molecule is OC(CNc1cccc(Cl)c1)COc1ccccc1. The first-order chi connectivity index (χ1) is 9.24. The monoisotopic (exact) mass is 277 g/mol. The van der Waals surface area contributed by atoms with Crippen molar-refractivity contribution in [2.24, 2.45) is 0 Å². The molecular formula is C15H16ClNO2. The number of anilines is 1. The highest BCUT2D eigenvalue weighted by Crippen LogP contribution is 2.15. The predicted octanol–water partition coefficient (Wildman–Crippen LogP) is 3.19. The van der Waals surface area contributed by atoms with Crippen LogP contribution in [0.5, 0.6) is 5.75 Å². The molecule has 0 saturated heterocycles. The Balaban J connectivity index is 1.74. The summed E-state index contributed by atoms with van der Waals surface area (Å²) in [6.45, 7) is 0.657. The normalized spacial score (nSPS) is 11.9. The zero-order valence-corrected chi connectivity index (χ0v) is 11.2. The van der Waals surface area contributed by atoms with Gasteiger partial charge >= 0.3 is 0 Å². The van der Waals surface area contributed by atoms with E-state index in [-0.39, 0.29) is 6.61 Å². The summed E-state index contributed by atoms with van der Waals surface area (Å²) < 4.78 is 5.46. The van der Waals surface area contributed by atoms with Crippen LogP contribution in [0.1, 0.15) is 0 Å². The van der Waals surface area contributed by atoms with Crippen molar-refractivity contribution in [3.8, 4) is 5.75 Å². The van der Waals surface area contributed by atoms with Crippen molar-refractivity contribution in [1.82, 2.24) is 0 Å². The third kappa shape index (κ3) is 4.81. The molecule has 0 radical (unpaired) electrons. The summed E-state index contributed by atoms with van der Waals surface area (Å²) in [5.41, 5.74) is 0.881. The van der Waals surface area contributed by atoms with E-state index in [1.165, 1.54) is 0 Å². The Bertz CT molecular complexity index is 505. The van der Waals surface area contributed by atoms with Gasteiger partial charge in [-0.15, -0.1) is 0 Å². The standard InChI is InChI=1S/C15H16ClNO2/c16-12-5-4-6-13(9-12)17-10-14(18)11-19-15-7-2-1-3-8-15/h1-9,14,17-18H,10-11H2. The first-order valence-corrected chi connectivity index (χ1v) is 6.47. The molecule has 0 aromatic heterocycles. The van der Waals surface area contributed by atoms with Crippen molar-refractivity contribution >= 4 is 17.3 Å². The third-order valence-corrected chi connectivity index (χ3v) is 2.79. The summed E-state index contributed by atoms with van der Waals surface area (Å²) in [7, 11) is 0. The van der Waals surface area contributed by atoms with Crippen molar-refractivity contribution in [2.75, 3.05) is 18.5 Å². The van der Waals surface area contributed by atoms with Gasteiger partial charge in [0.05, 0.1) is 0 Å². The topological polar surface area (TPSA) is 41.5 Å². The van der Waals surface area contributed by atoms with Crippen LogP contribution in [0, 0.1) is 0 Å². The van der Waals surface area contributed by atoms with Gasteiger partial charge in [0, 0.05) is 17.3 Å². The summed E-state index contributed by atoms with van der Waals surface area (Å²) in [5.74, 6) is 0.754. The molecule has 2 N–H and O–H groups in total. The first-order valence-electron chi connectivity index (χ1n) is 6.09. The number of aliphatic hydroxyl groups is 1. The van der Waals surface area contributed by atoms with E-state index in [2.05, 4.69) is 5.32 Å². The maximum absolute atomic E-state index is 9.82. The lowest BCUT2D eigenvalue weighted by atomic mass is 10.3. The molecule has 1 atom stereocenters. The highest BCUT2D eigenvalue weighted by molar-refractivity contribution is 6.30. The second-order valence-electron chi connectivity index (χ2n) is 4.17. The second kappa shape index (κ2) is 7.02. The molecule has 2 aromatic rings. The molecule has 0 amide bonds. The number of hydrogen-bond acceptors (Lipinski definition) is 3. The minimum Gasteiger partial charge on any atom is -0.491 e. The van der Waals surface area contributed by atoms with Crippen LogP contribution in [0.2, 0.25) is 5.02 Å². The Morgan fingerprint density at radius 1 is 1.11 bits per heavy atom. The fourth-order valence-corrected chi connectivity index (χ4v) is 1.79. The first kappa shape index (κ1) is 13.7. The van der Waals surface area contributed by atoms with Crippen LogP contribution in [0.25, 0.3) is 0 Å². The fourth-order valence-electron chi connectivity index (χ4n) is 1.60. The van der Waals surface area contributed by atoms with Gasteiger partial charge < -0.3 is 15.2 Å². The van der Waals surface area contributed by atoms with Crippen LogP contribution in [-0.4, -0.2) is 24.4 Å². The molecule has 0 heterocycles. The number of ether oxygens (including phenoxy) is 1. The Morgan fingerprint density at radius 2 is 1.89 bits per heavy atom. The molecule has 0 spiro atoms. The van der Waals surface area contributed by atoms with Crippen LogP contribution < -0.4 is 10.1 Å². The highest BCUT2D eigenvalue weighted by atomic mass is 35.5. The average molecular weight is 278 g/mol. The number of nitrogens with one attached hydrogen (secondary N) is 1. The van der Waals surface area contributed by atoms with Crippen LogP contribution in [0.4, 0.5) is 5.69 Å². The van der Waals surface area contributed by atoms with Gasteiger partial charge in [0.1, 0.15) is 18.5 Å². The molecule has 0 aliphatic rings. The molecule has 0 aliphatic heterocycles. The summed E-state index contributed by atoms with van der Waals surface area (Å²) >= 11 is 5.87. The maximum atomic E-state index is 9.82. The Kier molecular flexibility index (Phi) is 5.07. The summed E-state index contributed by atoms with van der Waals surface area (Å²) in [6.07, 6.45) is -0.584. The molecule has 0 aliphatic carbocycles. The number of benzene rings is 2. The smallest absolute Gasteiger partial charge is 0.119 e. The van der Waals surface area contributed by atoms with Crippen LogP contribution in [-0.2, 0) is 0 Å². The van der Waals surface area contributed by atoms with Crippen molar-refractivity contribution in [1.29, 1.82) is 0 Å². The molecular weight excluding hydrogens is 262 g/mol. The molecule has 0 fully saturated rings. The minimum atomic E-state index is -0.584. The highest BCUT2D eigenvalue weighted by Gasteiger charge is 2.05. The van der Waals surface area contributed by atoms with E-state index >= 15 is 0 Å². The van der Waals surface area contributed by atoms with E-state index in [4.69, 9.17) is 16.3 Å². The van der Waals surface area contributed by atoms with Gasteiger partial charge in [0.2, 0.25) is 0 Å². The predicted molar refractivity (Wildman–Crippen MR) is 77.9 cm³/mol. The van der Waals surface area contributed by atoms with Crippen LogP contribution in [0.3, 0.4) is 0 Å². The molecule has 100 valence electrons. The Hall–Kier alpha value is -1.71. The number of halogens is 1. The number of aliphatic hydroxyl groups excluding tert-OH is 1. The lowest BCUT2D eigenvalue weighted by Gasteiger charge is -2.14. The van der Waals surface area contributed by atoms with Crippen molar-refractivity contribution in [2.45, 2.75) is 6.10 Å². The molecule has 0 bridgehead atoms. The van der Waals surface area contributed by atoms with Gasteiger partial charge in [-0.25, -0.2) is 0 Å². The number of hydrogen-bond donors (Lipinski definition) is 2. The molecule has 19 heavy (non-hydrogen) atoms. The second-order valence-corrected chi connectivity index (χ2v) is 4.61. The third-order valence-electron chi connectivity index (χ3n) is 2.55. The summed E-state index contributed by atoms with van der Waals surface area (Å²) in [6, 6.07) is 16.8. The summed E-state index contributed by atoms with van der Waals surface area (Å²) in [5, 5.41) is 13.6. The Morgan fingerprint density at radius 3 is 2.63 bits per heavy atom. The van der Waals surface area contributed by atoms with Crippen LogP contribution in [0.15, 0.2) is 54.6 Å². The van der Waals surface area contributed by atoms with Crippen molar-refractivity contribution < 1.29 is 9.84 Å². The number of rotatable bonds is 6. The molecule has 1 unspecified atom stereocenters. The molecule has 2 rings (SSSR count). The fraction of sp³-hybridized carbons (Fsp3) is 0.200. The van der Waals surface area contributed by atoms with Gasteiger partial charge in [0.15, 0.2) is 0 Å². The lowest BCUT2D eigenvalue weighted by molar-refractivity contribution is 0.117. The zero-order valence-electron chi connectivity index (χ0n) is 10.4. The van der Waals surface area contributed by atoms with Gasteiger partial charge in [-0.3, -0.25) is 0 Å². The number of para-hydroxylation sites is 1. The van der Waals surface area contributed by atoms with Gasteiger partial charge in [-0.05, 0) is 30.3 Å². The van der Waals surface area contributed by atoms with E-state index in [9.17, 15) is 5.11 Å². The largest absolute Gasteiger partial charge is 0.491 e. The van der Waals surface area contributed by atoms with E-state index < -0.39 is 6.10 Å². The van der Waals surface area contributed by atoms with Crippen LogP contribution >= 0.6 is 11.6 Å². The molecule has 2 aromatic carbocycles. The zero-order chi connectivity index (χ0) is 13.5.